The van der Waals surface area contributed by atoms with Gasteiger partial charge in [0.05, 0.1) is 19.3 Å². The fourth-order valence-electron chi connectivity index (χ4n) is 1.97. The molecule has 2 unspecified atom stereocenters. The van der Waals surface area contributed by atoms with Gasteiger partial charge in [0, 0.05) is 18.4 Å². The van der Waals surface area contributed by atoms with Gasteiger partial charge in [-0.2, -0.15) is 0 Å². The van der Waals surface area contributed by atoms with Crippen molar-refractivity contribution >= 4 is 13.8 Å². The van der Waals surface area contributed by atoms with E-state index in [9.17, 15) is 19.1 Å². The highest BCUT2D eigenvalue weighted by molar-refractivity contribution is 7.49. The molecule has 2 aliphatic heterocycles. The van der Waals surface area contributed by atoms with E-state index in [1.165, 1.54) is 17.2 Å². The zero-order chi connectivity index (χ0) is 14.9. The molecule has 2 amide bonds. The summed E-state index contributed by atoms with van der Waals surface area (Å²) in [4.78, 5) is 31.4. The molecule has 9 nitrogen and oxygen atoms in total. The number of allylic oxidation sites excluding steroid dienone is 1. The summed E-state index contributed by atoms with van der Waals surface area (Å²) in [5.74, 6) is 0. The largest absolute Gasteiger partial charge is 0.403 e. The maximum absolute atomic E-state index is 11.8. The highest BCUT2D eigenvalue weighted by Gasteiger charge is 2.39. The van der Waals surface area contributed by atoms with Crippen LogP contribution in [-0.4, -0.2) is 62.5 Å². The number of amides is 2. The molecule has 20 heavy (non-hydrogen) atoms. The number of rotatable bonds is 3. The van der Waals surface area contributed by atoms with E-state index in [1.54, 1.807) is 0 Å². The maximum atomic E-state index is 11.8. The van der Waals surface area contributed by atoms with Gasteiger partial charge in [-0.1, -0.05) is 6.58 Å². The van der Waals surface area contributed by atoms with Crippen molar-refractivity contribution in [2.24, 2.45) is 0 Å². The second kappa shape index (κ2) is 5.65. The number of morpholine rings is 1. The highest BCUT2D eigenvalue weighted by atomic mass is 31.2. The van der Waals surface area contributed by atoms with Gasteiger partial charge in [-0.25, -0.2) is 14.0 Å². The Morgan fingerprint density at radius 3 is 2.75 bits per heavy atom. The quantitative estimate of drug-likeness (QED) is 0.501. The smallest absolute Gasteiger partial charge is 0.394 e. The molecule has 0 aromatic rings. The average molecular weight is 305 g/mol. The number of aliphatic hydroxyl groups excluding tert-OH is 1. The highest BCUT2D eigenvalue weighted by Crippen LogP contribution is 2.42. The molecule has 0 aromatic heterocycles. The Labute approximate surface area is 115 Å². The summed E-state index contributed by atoms with van der Waals surface area (Å²) in [6.07, 6.45) is 1.27. The number of hydrogen-bond donors (Lipinski definition) is 4. The molecule has 2 heterocycles. The van der Waals surface area contributed by atoms with Gasteiger partial charge in [-0.05, 0) is 6.08 Å². The van der Waals surface area contributed by atoms with E-state index in [1.807, 2.05) is 0 Å². The summed E-state index contributed by atoms with van der Waals surface area (Å²) in [5, 5.41) is 11.6. The van der Waals surface area contributed by atoms with Crippen molar-refractivity contribution in [2.45, 2.75) is 12.3 Å². The predicted octanol–water partition coefficient (Wildman–Crippen LogP) is -0.849. The lowest BCUT2D eigenvalue weighted by molar-refractivity contribution is -0.127. The van der Waals surface area contributed by atoms with Gasteiger partial charge < -0.3 is 24.9 Å². The Kier molecular flexibility index (Phi) is 4.28. The van der Waals surface area contributed by atoms with Crippen molar-refractivity contribution in [3.8, 4) is 0 Å². The van der Waals surface area contributed by atoms with E-state index in [2.05, 4.69) is 11.9 Å². The second-order valence-electron chi connectivity index (χ2n) is 4.46. The fraction of sp³-hybridized carbons (Fsp3) is 0.500. The van der Waals surface area contributed by atoms with Gasteiger partial charge in [-0.15, -0.1) is 0 Å². The van der Waals surface area contributed by atoms with Crippen LogP contribution in [0.2, 0.25) is 0 Å². The average Bonchev–Trinajstić information content (AvgIpc) is 2.37. The number of hydrogen-bond acceptors (Lipinski definition) is 4. The molecule has 112 valence electrons. The molecule has 0 bridgehead atoms. The van der Waals surface area contributed by atoms with Gasteiger partial charge in [0.15, 0.2) is 6.23 Å². The Bertz CT molecular complexity index is 489. The van der Waals surface area contributed by atoms with E-state index >= 15 is 0 Å². The zero-order valence-corrected chi connectivity index (χ0v) is 11.4. The molecule has 0 aliphatic carbocycles. The van der Waals surface area contributed by atoms with Crippen molar-refractivity contribution in [3.63, 3.8) is 0 Å². The Morgan fingerprint density at radius 2 is 2.20 bits per heavy atom. The van der Waals surface area contributed by atoms with Crippen LogP contribution < -0.4 is 5.32 Å². The summed E-state index contributed by atoms with van der Waals surface area (Å²) in [7, 11) is -4.47. The van der Waals surface area contributed by atoms with E-state index < -0.39 is 32.7 Å². The first-order chi connectivity index (χ1) is 9.31. The van der Waals surface area contributed by atoms with Crippen molar-refractivity contribution in [2.75, 3.05) is 19.7 Å². The number of urea groups is 1. The van der Waals surface area contributed by atoms with Gasteiger partial charge in [0.1, 0.15) is 0 Å². The molecular weight excluding hydrogens is 289 g/mol. The molecule has 2 aliphatic rings. The summed E-state index contributed by atoms with van der Waals surface area (Å²) >= 11 is 0. The number of carbonyl (C=O) groups excluding carboxylic acids is 1. The van der Waals surface area contributed by atoms with Crippen LogP contribution >= 0.6 is 7.75 Å². The fourth-order valence-corrected chi connectivity index (χ4v) is 2.72. The number of nitrogens with one attached hydrogen (secondary N) is 1. The van der Waals surface area contributed by atoms with Gasteiger partial charge >= 0.3 is 13.8 Å². The topological polar surface area (TPSA) is 123 Å². The minimum Gasteiger partial charge on any atom is -0.394 e. The van der Waals surface area contributed by atoms with Crippen molar-refractivity contribution < 1.29 is 29.0 Å². The van der Waals surface area contributed by atoms with Crippen molar-refractivity contribution in [3.05, 3.63) is 24.6 Å². The van der Waals surface area contributed by atoms with Crippen LogP contribution in [0.15, 0.2) is 24.6 Å². The first kappa shape index (κ1) is 15.2. The van der Waals surface area contributed by atoms with E-state index in [0.29, 0.717) is 5.70 Å². The lowest BCUT2D eigenvalue weighted by Gasteiger charge is -2.41. The van der Waals surface area contributed by atoms with Crippen LogP contribution in [0.25, 0.3) is 0 Å². The van der Waals surface area contributed by atoms with Gasteiger partial charge in [0.2, 0.25) is 0 Å². The number of nitrogens with zero attached hydrogens (tertiary/aromatic N) is 2. The first-order valence-electron chi connectivity index (χ1n) is 5.85. The van der Waals surface area contributed by atoms with E-state index in [-0.39, 0.29) is 13.1 Å². The molecule has 0 saturated carbocycles. The third kappa shape index (κ3) is 3.26. The van der Waals surface area contributed by atoms with Crippen molar-refractivity contribution in [1.29, 1.82) is 0 Å². The number of aliphatic hydroxyl groups is 1. The molecular formula is C10H16N3O6P. The summed E-state index contributed by atoms with van der Waals surface area (Å²) in [6.45, 7) is 2.89. The zero-order valence-electron chi connectivity index (χ0n) is 10.5. The van der Waals surface area contributed by atoms with Crippen LogP contribution in [0.3, 0.4) is 0 Å². The second-order valence-corrected chi connectivity index (χ2v) is 6.05. The van der Waals surface area contributed by atoms with Gasteiger partial charge in [0.25, 0.3) is 0 Å². The Hall–Kier alpha value is -1.22. The van der Waals surface area contributed by atoms with E-state index in [4.69, 9.17) is 9.84 Å². The summed E-state index contributed by atoms with van der Waals surface area (Å²) in [5.41, 5.74) is 0.410. The molecule has 0 aromatic carbocycles. The minimum atomic E-state index is -4.47. The molecule has 0 spiro atoms. The maximum Gasteiger partial charge on any atom is 0.403 e. The summed E-state index contributed by atoms with van der Waals surface area (Å²) in [6, 6.07) is -0.508. The number of carbonyl (C=O) groups is 1. The lowest BCUT2D eigenvalue weighted by atomic mass is 10.3. The Balaban J connectivity index is 2.18. The Morgan fingerprint density at radius 1 is 1.50 bits per heavy atom. The van der Waals surface area contributed by atoms with Crippen LogP contribution in [-0.2, 0) is 9.30 Å². The third-order valence-electron chi connectivity index (χ3n) is 2.95. The number of ether oxygens (including phenoxy) is 1. The standard InChI is InChI=1S/C10H16N3O6P/c1-7-2-3-13(10(15)11-7)9-5-12(20(16,17)18)4-8(6-14)19-9/h2-3,8-9,14H,1,4-6H2,(H,11,15)(H2,16,17,18). The van der Waals surface area contributed by atoms with E-state index in [0.717, 1.165) is 4.67 Å². The molecule has 1 fully saturated rings. The minimum absolute atomic E-state index is 0.108. The molecule has 4 N–H and O–H groups in total. The molecule has 2 rings (SSSR count). The van der Waals surface area contributed by atoms with Crippen molar-refractivity contribution in [1.82, 2.24) is 14.9 Å². The normalized spacial score (nSPS) is 28.6. The van der Waals surface area contributed by atoms with Gasteiger partial charge in [-0.3, -0.25) is 4.90 Å². The molecule has 10 heteroatoms. The molecule has 1 saturated heterocycles. The SMILES string of the molecule is C=C1C=CN(C2CN(P(=O)(O)O)CC(CO)O2)C(=O)N1. The first-order valence-corrected chi connectivity index (χ1v) is 7.41. The predicted molar refractivity (Wildman–Crippen MR) is 68.0 cm³/mol. The third-order valence-corrected chi connectivity index (χ3v) is 4.02. The molecule has 0 radical (unpaired) electrons. The monoisotopic (exact) mass is 305 g/mol. The molecule has 2 atom stereocenters. The lowest BCUT2D eigenvalue weighted by Crippen LogP contribution is -2.56. The summed E-state index contributed by atoms with van der Waals surface area (Å²) < 4.78 is 17.7. The van der Waals surface area contributed by atoms with Crippen LogP contribution in [0.1, 0.15) is 0 Å². The van der Waals surface area contributed by atoms with Crippen LogP contribution in [0, 0.1) is 0 Å². The van der Waals surface area contributed by atoms with Crippen LogP contribution in [0.5, 0.6) is 0 Å². The van der Waals surface area contributed by atoms with Crippen LogP contribution in [0.4, 0.5) is 4.79 Å².